The van der Waals surface area contributed by atoms with Crippen molar-refractivity contribution in [1.29, 1.82) is 0 Å². The van der Waals surface area contributed by atoms with Crippen molar-refractivity contribution in [3.63, 3.8) is 0 Å². The Balaban J connectivity index is 1.71. The van der Waals surface area contributed by atoms with Crippen LogP contribution in [0.1, 0.15) is 33.4 Å². The van der Waals surface area contributed by atoms with Crippen molar-refractivity contribution in [2.45, 2.75) is 25.2 Å². The summed E-state index contributed by atoms with van der Waals surface area (Å²) in [5, 5.41) is 5.97. The van der Waals surface area contributed by atoms with Gasteiger partial charge in [-0.3, -0.25) is 19.3 Å². The quantitative estimate of drug-likeness (QED) is 0.315. The van der Waals surface area contributed by atoms with E-state index in [-0.39, 0.29) is 17.7 Å². The van der Waals surface area contributed by atoms with E-state index in [0.29, 0.717) is 23.3 Å². The zero-order chi connectivity index (χ0) is 28.3. The predicted molar refractivity (Wildman–Crippen MR) is 126 cm³/mol. The number of primary amides is 1. The van der Waals surface area contributed by atoms with E-state index in [2.05, 4.69) is 15.4 Å². The lowest BCUT2D eigenvalue weighted by atomic mass is 9.94. The lowest BCUT2D eigenvalue weighted by Gasteiger charge is -2.22. The van der Waals surface area contributed by atoms with Crippen LogP contribution in [0.3, 0.4) is 0 Å². The van der Waals surface area contributed by atoms with Gasteiger partial charge < -0.3 is 11.1 Å². The number of amides is 2. The van der Waals surface area contributed by atoms with Crippen LogP contribution in [-0.2, 0) is 23.9 Å². The Morgan fingerprint density at radius 1 is 1.00 bits per heavy atom. The van der Waals surface area contributed by atoms with Crippen molar-refractivity contribution < 1.29 is 35.9 Å². The minimum Gasteiger partial charge on any atom is -0.366 e. The lowest BCUT2D eigenvalue weighted by Crippen LogP contribution is -2.34. The van der Waals surface area contributed by atoms with E-state index in [0.717, 1.165) is 29.1 Å². The summed E-state index contributed by atoms with van der Waals surface area (Å²) in [4.78, 5) is 28.9. The Morgan fingerprint density at radius 3 is 2.36 bits per heavy atom. The Bertz CT molecular complexity index is 1520. The number of hydrogen-bond acceptors (Lipinski definition) is 4. The van der Waals surface area contributed by atoms with Gasteiger partial charge in [0, 0.05) is 24.0 Å². The van der Waals surface area contributed by atoms with Gasteiger partial charge in [-0.25, -0.2) is 13.2 Å². The number of nitrogens with two attached hydrogens (primary N) is 1. The van der Waals surface area contributed by atoms with Crippen molar-refractivity contribution in [3.05, 3.63) is 107 Å². The van der Waals surface area contributed by atoms with E-state index in [9.17, 15) is 35.9 Å². The molecule has 2 heterocycles. The number of aromatic nitrogens is 3. The van der Waals surface area contributed by atoms with Crippen LogP contribution in [0.5, 0.6) is 0 Å². The molecule has 0 saturated heterocycles. The number of hydrogen-bond donors (Lipinski definition) is 2. The highest BCUT2D eigenvalue weighted by Crippen LogP contribution is 2.31. The Kier molecular flexibility index (Phi) is 7.70. The highest BCUT2D eigenvalue weighted by molar-refractivity contribution is 5.94. The van der Waals surface area contributed by atoms with E-state index in [4.69, 9.17) is 5.73 Å². The summed E-state index contributed by atoms with van der Waals surface area (Å²) in [7, 11) is 0. The molecule has 0 bridgehead atoms. The van der Waals surface area contributed by atoms with Crippen LogP contribution in [0.25, 0.3) is 11.1 Å². The van der Waals surface area contributed by atoms with Gasteiger partial charge in [-0.05, 0) is 53.9 Å². The van der Waals surface area contributed by atoms with Crippen LogP contribution in [0.4, 0.5) is 26.3 Å². The first-order chi connectivity index (χ1) is 18.4. The van der Waals surface area contributed by atoms with Gasteiger partial charge in [-0.15, -0.1) is 0 Å². The second-order valence-electron chi connectivity index (χ2n) is 8.49. The third kappa shape index (κ3) is 6.61. The van der Waals surface area contributed by atoms with Gasteiger partial charge in [0.05, 0.1) is 17.3 Å². The van der Waals surface area contributed by atoms with Crippen LogP contribution in [0.15, 0.2) is 67.0 Å². The van der Waals surface area contributed by atoms with E-state index >= 15 is 0 Å². The van der Waals surface area contributed by atoms with Crippen molar-refractivity contribution in [3.8, 4) is 11.1 Å². The van der Waals surface area contributed by atoms with E-state index < -0.39 is 59.3 Å². The molecule has 3 N–H and O–H groups in total. The number of alkyl halides is 3. The molecule has 202 valence electrons. The maximum Gasteiger partial charge on any atom is 0.435 e. The maximum absolute atomic E-state index is 14.1. The number of carbonyl (C=O) groups is 2. The van der Waals surface area contributed by atoms with Gasteiger partial charge in [0.25, 0.3) is 5.91 Å². The molecule has 4 aromatic rings. The highest BCUT2D eigenvalue weighted by atomic mass is 19.4. The van der Waals surface area contributed by atoms with Crippen LogP contribution in [0.2, 0.25) is 0 Å². The van der Waals surface area contributed by atoms with Crippen LogP contribution < -0.4 is 11.1 Å². The summed E-state index contributed by atoms with van der Waals surface area (Å²) < 4.78 is 81.4. The molecular formula is C26H19F6N5O2. The summed E-state index contributed by atoms with van der Waals surface area (Å²) in [6, 6.07) is 9.10. The number of nitrogens with zero attached hydrogens (tertiary/aromatic N) is 3. The van der Waals surface area contributed by atoms with Crippen molar-refractivity contribution >= 4 is 11.8 Å². The Labute approximate surface area is 217 Å². The largest absolute Gasteiger partial charge is 0.435 e. The second kappa shape index (κ2) is 11.0. The Hall–Kier alpha value is -4.68. The summed E-state index contributed by atoms with van der Waals surface area (Å²) in [6.07, 6.45) is -2.52. The first-order valence-corrected chi connectivity index (χ1v) is 11.3. The maximum atomic E-state index is 14.1. The molecule has 0 aliphatic carbocycles. The highest BCUT2D eigenvalue weighted by Gasteiger charge is 2.33. The van der Waals surface area contributed by atoms with Crippen molar-refractivity contribution in [2.24, 2.45) is 5.73 Å². The van der Waals surface area contributed by atoms with Gasteiger partial charge in [-0.2, -0.15) is 18.3 Å². The summed E-state index contributed by atoms with van der Waals surface area (Å²) in [5.41, 5.74) is 4.64. The molecule has 7 nitrogen and oxygen atoms in total. The molecule has 0 spiro atoms. The summed E-state index contributed by atoms with van der Waals surface area (Å²) in [6.45, 7) is -0.603. The first-order valence-electron chi connectivity index (χ1n) is 11.3. The molecule has 39 heavy (non-hydrogen) atoms. The fourth-order valence-corrected chi connectivity index (χ4v) is 3.99. The molecule has 0 unspecified atom stereocenters. The van der Waals surface area contributed by atoms with Crippen molar-refractivity contribution in [2.75, 3.05) is 0 Å². The normalized spacial score (nSPS) is 12.3. The zero-order valence-corrected chi connectivity index (χ0v) is 19.8. The van der Waals surface area contributed by atoms with Gasteiger partial charge in [0.15, 0.2) is 5.69 Å². The smallest absolute Gasteiger partial charge is 0.366 e. The molecule has 2 aromatic heterocycles. The molecule has 2 aromatic carbocycles. The molecule has 4 rings (SSSR count). The fourth-order valence-electron chi connectivity index (χ4n) is 3.99. The molecule has 0 saturated carbocycles. The van der Waals surface area contributed by atoms with Gasteiger partial charge in [0.2, 0.25) is 5.91 Å². The lowest BCUT2D eigenvalue weighted by molar-refractivity contribution is -0.141. The van der Waals surface area contributed by atoms with Crippen LogP contribution in [0, 0.1) is 17.5 Å². The topological polar surface area (TPSA) is 103 Å². The predicted octanol–water partition coefficient (Wildman–Crippen LogP) is 4.58. The molecule has 1 atom stereocenters. The average Bonchev–Trinajstić information content (AvgIpc) is 3.32. The minimum atomic E-state index is -4.70. The van der Waals surface area contributed by atoms with E-state index in [1.165, 1.54) is 24.4 Å². The number of nitrogens with one attached hydrogen (secondary N) is 1. The van der Waals surface area contributed by atoms with Crippen LogP contribution >= 0.6 is 0 Å². The number of benzene rings is 2. The Morgan fingerprint density at radius 2 is 1.72 bits per heavy atom. The van der Waals surface area contributed by atoms with E-state index in [1.807, 2.05) is 0 Å². The fraction of sp³-hybridized carbons (Fsp3) is 0.154. The van der Waals surface area contributed by atoms with Gasteiger partial charge in [-0.1, -0.05) is 12.1 Å². The molecule has 0 fully saturated rings. The second-order valence-corrected chi connectivity index (χ2v) is 8.49. The minimum absolute atomic E-state index is 0.143. The molecule has 0 aliphatic rings. The first kappa shape index (κ1) is 27.4. The number of rotatable bonds is 8. The van der Waals surface area contributed by atoms with Crippen molar-refractivity contribution in [1.82, 2.24) is 20.1 Å². The summed E-state index contributed by atoms with van der Waals surface area (Å²) in [5.74, 6) is -4.37. The molecular weight excluding hydrogens is 528 g/mol. The molecule has 13 heteroatoms. The summed E-state index contributed by atoms with van der Waals surface area (Å²) >= 11 is 0. The zero-order valence-electron chi connectivity index (χ0n) is 19.8. The molecule has 0 radical (unpaired) electrons. The third-order valence-corrected chi connectivity index (χ3v) is 5.65. The third-order valence-electron chi connectivity index (χ3n) is 5.65. The van der Waals surface area contributed by atoms with E-state index in [1.54, 1.807) is 6.07 Å². The number of halogens is 6. The van der Waals surface area contributed by atoms with Crippen LogP contribution in [-0.4, -0.2) is 26.6 Å². The monoisotopic (exact) mass is 547 g/mol. The molecule has 2 amide bonds. The number of pyridine rings is 1. The molecule has 0 aliphatic heterocycles. The SMILES string of the molecule is NC(=O)c1cc(-c2cccnc2[C@H](Cc2cc(F)cc(F)c2)NC(=O)Cn2ccc(C(F)(F)F)n2)ccc1F. The average molecular weight is 547 g/mol. The standard InChI is InChI=1S/C26H19F6N5O2/c27-16-8-14(9-17(28)12-16)10-21(35-23(38)13-37-7-5-22(36-37)26(30,31)32)24-18(2-1-6-34-24)15-3-4-20(29)19(11-15)25(33)39/h1-9,11-12,21H,10,13H2,(H2,33,39)(H,35,38)/t21-/m0/s1. The van der Waals surface area contributed by atoms with Gasteiger partial charge in [0.1, 0.15) is 24.0 Å². The van der Waals surface area contributed by atoms with Gasteiger partial charge >= 0.3 is 6.18 Å². The number of carbonyl (C=O) groups excluding carboxylic acids is 2.